The SMILES string of the molecule is C/C=C(/c1ccccc1NCc1ccc(F)cc1F)c1cccnc1OC.CC(C)(C)C.O=CO. The highest BCUT2D eigenvalue weighted by Crippen LogP contribution is 2.33. The minimum atomic E-state index is -0.587. The number of para-hydroxylation sites is 1. The number of nitrogens with one attached hydrogen (secondary N) is 1. The first-order valence-corrected chi connectivity index (χ1v) is 11.1. The maximum absolute atomic E-state index is 13.9. The molecule has 0 spiro atoms. The van der Waals surface area contributed by atoms with Crippen LogP contribution in [-0.4, -0.2) is 23.7 Å². The van der Waals surface area contributed by atoms with E-state index in [1.165, 1.54) is 12.1 Å². The highest BCUT2D eigenvalue weighted by atomic mass is 19.1. The van der Waals surface area contributed by atoms with Gasteiger partial charge in [-0.3, -0.25) is 4.79 Å². The highest BCUT2D eigenvalue weighted by molar-refractivity contribution is 5.87. The lowest BCUT2D eigenvalue weighted by molar-refractivity contribution is -0.122. The molecular weight excluding hydrogens is 450 g/mol. The van der Waals surface area contributed by atoms with Crippen LogP contribution in [0.1, 0.15) is 51.3 Å². The second-order valence-corrected chi connectivity index (χ2v) is 9.00. The van der Waals surface area contributed by atoms with Gasteiger partial charge in [0.05, 0.1) is 7.11 Å². The number of methoxy groups -OCH3 is 1. The first kappa shape index (κ1) is 29.3. The number of ether oxygens (including phenoxy) is 1. The van der Waals surface area contributed by atoms with Crippen LogP contribution in [0, 0.1) is 17.0 Å². The molecule has 5 nitrogen and oxygen atoms in total. The Hall–Kier alpha value is -3.74. The van der Waals surface area contributed by atoms with Crippen molar-refractivity contribution in [3.63, 3.8) is 0 Å². The average molecular weight is 485 g/mol. The van der Waals surface area contributed by atoms with Gasteiger partial charge in [-0.15, -0.1) is 0 Å². The Bertz CT molecular complexity index is 1100. The van der Waals surface area contributed by atoms with Gasteiger partial charge in [0.2, 0.25) is 5.88 Å². The lowest BCUT2D eigenvalue weighted by atomic mass is 9.97. The Labute approximate surface area is 206 Å². The number of carbonyl (C=O) groups is 1. The monoisotopic (exact) mass is 484 g/mol. The molecule has 0 radical (unpaired) electrons. The summed E-state index contributed by atoms with van der Waals surface area (Å²) < 4.78 is 32.4. The van der Waals surface area contributed by atoms with Crippen LogP contribution in [0.2, 0.25) is 0 Å². The fourth-order valence-corrected chi connectivity index (χ4v) is 2.94. The molecule has 7 heteroatoms. The number of aromatic nitrogens is 1. The van der Waals surface area contributed by atoms with Crippen LogP contribution in [0.3, 0.4) is 0 Å². The van der Waals surface area contributed by atoms with Gasteiger partial charge in [-0.05, 0) is 42.2 Å². The molecule has 3 rings (SSSR count). The number of nitrogens with zero attached hydrogens (tertiary/aromatic N) is 1. The average Bonchev–Trinajstić information content (AvgIpc) is 2.79. The van der Waals surface area contributed by atoms with E-state index >= 15 is 0 Å². The molecule has 2 aromatic carbocycles. The quantitative estimate of drug-likeness (QED) is 0.363. The van der Waals surface area contributed by atoms with Crippen molar-refractivity contribution in [1.82, 2.24) is 4.98 Å². The molecule has 188 valence electrons. The molecule has 0 aliphatic carbocycles. The Kier molecular flexibility index (Phi) is 12.1. The van der Waals surface area contributed by atoms with Crippen molar-refractivity contribution < 1.29 is 23.4 Å². The number of benzene rings is 2. The number of anilines is 1. The summed E-state index contributed by atoms with van der Waals surface area (Å²) in [6, 6.07) is 15.1. The van der Waals surface area contributed by atoms with Crippen molar-refractivity contribution in [2.45, 2.75) is 41.2 Å². The van der Waals surface area contributed by atoms with Gasteiger partial charge >= 0.3 is 0 Å². The standard InChI is InChI=1S/C22H20F2N2O.C5H12.CH2O2/c1-3-17(19-8-6-12-25-22(19)27-2)18-7-4-5-9-21(18)26-14-15-10-11-16(23)13-20(15)24;1-5(2,3)4;2-1-3/h3-13,26H,14H2,1-2H3;1-4H3;1H,(H,2,3)/b17-3-;;. The fraction of sp³-hybridized carbons (Fsp3) is 0.286. The van der Waals surface area contributed by atoms with Crippen molar-refractivity contribution >= 4 is 17.7 Å². The molecular formula is C28H34F2N2O3. The summed E-state index contributed by atoms with van der Waals surface area (Å²) >= 11 is 0. The lowest BCUT2D eigenvalue weighted by Crippen LogP contribution is -2.05. The summed E-state index contributed by atoms with van der Waals surface area (Å²) in [5.74, 6) is -0.623. The van der Waals surface area contributed by atoms with Crippen LogP contribution in [0.25, 0.3) is 5.57 Å². The normalized spacial score (nSPS) is 10.8. The van der Waals surface area contributed by atoms with E-state index in [0.717, 1.165) is 28.5 Å². The Balaban J connectivity index is 0.000000669. The van der Waals surface area contributed by atoms with Crippen molar-refractivity contribution in [2.75, 3.05) is 12.4 Å². The first-order valence-electron chi connectivity index (χ1n) is 11.1. The fourth-order valence-electron chi connectivity index (χ4n) is 2.94. The third kappa shape index (κ3) is 10.4. The number of pyridine rings is 1. The van der Waals surface area contributed by atoms with Crippen molar-refractivity contribution in [3.8, 4) is 5.88 Å². The summed E-state index contributed by atoms with van der Waals surface area (Å²) in [5.41, 5.74) is 4.48. The Morgan fingerprint density at radius 2 is 1.66 bits per heavy atom. The van der Waals surface area contributed by atoms with Crippen LogP contribution in [0.4, 0.5) is 14.5 Å². The van der Waals surface area contributed by atoms with Gasteiger partial charge in [0.1, 0.15) is 11.6 Å². The number of carboxylic acid groups (broad SMARTS) is 1. The van der Waals surface area contributed by atoms with E-state index in [1.54, 1.807) is 13.3 Å². The van der Waals surface area contributed by atoms with Crippen molar-refractivity contribution in [3.05, 3.63) is 95.2 Å². The number of halogens is 2. The minimum absolute atomic E-state index is 0.240. The second kappa shape index (κ2) is 14.5. The Morgan fingerprint density at radius 3 is 2.23 bits per heavy atom. The number of allylic oxidation sites excluding steroid dienone is 1. The third-order valence-electron chi connectivity index (χ3n) is 4.24. The number of rotatable bonds is 6. The molecule has 2 N–H and O–H groups in total. The molecule has 1 aromatic heterocycles. The second-order valence-electron chi connectivity index (χ2n) is 9.00. The van der Waals surface area contributed by atoms with Crippen molar-refractivity contribution in [2.24, 2.45) is 5.41 Å². The molecule has 3 aromatic rings. The van der Waals surface area contributed by atoms with Crippen LogP contribution in [0.5, 0.6) is 5.88 Å². The predicted octanol–water partition coefficient (Wildman–Crippen LogP) is 7.19. The molecule has 0 unspecified atom stereocenters. The van der Waals surface area contributed by atoms with Gasteiger partial charge < -0.3 is 15.2 Å². The van der Waals surface area contributed by atoms with Gasteiger partial charge in [-0.2, -0.15) is 0 Å². The zero-order chi connectivity index (χ0) is 26.4. The summed E-state index contributed by atoms with van der Waals surface area (Å²) in [6.45, 7) is 10.7. The van der Waals surface area contributed by atoms with E-state index in [4.69, 9.17) is 14.6 Å². The maximum atomic E-state index is 13.9. The molecule has 1 heterocycles. The molecule has 0 atom stereocenters. The molecule has 0 saturated carbocycles. The number of hydrogen-bond acceptors (Lipinski definition) is 4. The third-order valence-corrected chi connectivity index (χ3v) is 4.24. The van der Waals surface area contributed by atoms with E-state index in [1.807, 2.05) is 49.4 Å². The maximum Gasteiger partial charge on any atom is 0.290 e. The highest BCUT2D eigenvalue weighted by Gasteiger charge is 2.14. The van der Waals surface area contributed by atoms with Crippen LogP contribution < -0.4 is 10.1 Å². The van der Waals surface area contributed by atoms with Crippen molar-refractivity contribution in [1.29, 1.82) is 0 Å². The zero-order valence-corrected chi connectivity index (χ0v) is 21.1. The molecule has 0 saturated heterocycles. The minimum Gasteiger partial charge on any atom is -0.483 e. The molecule has 0 bridgehead atoms. The van der Waals surface area contributed by atoms with Gasteiger partial charge in [0, 0.05) is 41.2 Å². The molecule has 0 amide bonds. The predicted molar refractivity (Wildman–Crippen MR) is 137 cm³/mol. The smallest absolute Gasteiger partial charge is 0.290 e. The molecule has 0 fully saturated rings. The summed E-state index contributed by atoms with van der Waals surface area (Å²) in [6.07, 6.45) is 3.66. The first-order chi connectivity index (χ1) is 16.5. The summed E-state index contributed by atoms with van der Waals surface area (Å²) in [7, 11) is 1.58. The van der Waals surface area contributed by atoms with Gasteiger partial charge in [-0.25, -0.2) is 13.8 Å². The van der Waals surface area contributed by atoms with Crippen LogP contribution in [-0.2, 0) is 11.3 Å². The number of hydrogen-bond donors (Lipinski definition) is 2. The summed E-state index contributed by atoms with van der Waals surface area (Å²) in [4.78, 5) is 12.6. The molecule has 0 aliphatic rings. The van der Waals surface area contributed by atoms with E-state index in [0.29, 0.717) is 16.9 Å². The van der Waals surface area contributed by atoms with Gasteiger partial charge in [-0.1, -0.05) is 58.0 Å². The lowest BCUT2D eigenvalue weighted by Gasteiger charge is -2.16. The van der Waals surface area contributed by atoms with Gasteiger partial charge in [0.25, 0.3) is 6.47 Å². The van der Waals surface area contributed by atoms with Gasteiger partial charge in [0.15, 0.2) is 0 Å². The van der Waals surface area contributed by atoms with Crippen LogP contribution >= 0.6 is 0 Å². The Morgan fingerprint density at radius 1 is 1.06 bits per heavy atom. The molecule has 0 aliphatic heterocycles. The van der Waals surface area contributed by atoms with E-state index in [2.05, 4.69) is 38.0 Å². The van der Waals surface area contributed by atoms with E-state index in [-0.39, 0.29) is 13.0 Å². The topological polar surface area (TPSA) is 71.5 Å². The zero-order valence-electron chi connectivity index (χ0n) is 21.1. The van der Waals surface area contributed by atoms with E-state index in [9.17, 15) is 8.78 Å². The molecule has 35 heavy (non-hydrogen) atoms. The largest absolute Gasteiger partial charge is 0.483 e. The van der Waals surface area contributed by atoms with Crippen LogP contribution in [0.15, 0.2) is 66.9 Å². The van der Waals surface area contributed by atoms with E-state index < -0.39 is 11.6 Å². The summed E-state index contributed by atoms with van der Waals surface area (Å²) in [5, 5.41) is 10.1.